The Morgan fingerprint density at radius 2 is 1.29 bits per heavy atom. The maximum atomic E-state index is 14.7. The molecule has 0 radical (unpaired) electrons. The third-order valence-corrected chi connectivity index (χ3v) is 10.9. The van der Waals surface area contributed by atoms with Crippen molar-refractivity contribution in [3.8, 4) is 5.75 Å². The summed E-state index contributed by atoms with van der Waals surface area (Å²) in [5.74, 6) is -11.0. The lowest BCUT2D eigenvalue weighted by Gasteiger charge is -2.39. The summed E-state index contributed by atoms with van der Waals surface area (Å²) in [6.07, 6.45) is -1.43. The SMILES string of the molecule is COC(=O)CC(NC(=O)C1Cc2ccccc2CN1C(=O)C(NC(=O)C(CC(=O)OC)NC(=O)C(NC(=O)c1ccc2ccccc2n1)C(C)C)C(C)C)C(=O)COc1c(F)cccc1F. The lowest BCUT2D eigenvalue weighted by Crippen LogP contribution is -2.62. The van der Waals surface area contributed by atoms with Crippen molar-refractivity contribution in [1.82, 2.24) is 31.2 Å². The molecule has 350 valence electrons. The standard InChI is InChI=1S/C47H52F2N6O11/c1-25(2)40(53-43(59)33-19-18-27-12-9-10-17-32(27)50-33)46(62)52-35(22-39(58)65-6)44(60)54-41(26(3)4)47(63)55-23-29-14-8-7-13-28(29)20-36(55)45(61)51-34(21-38(57)64-5)37(56)24-66-42-30(48)15-11-16-31(42)49/h7-19,25-26,34-36,40-41H,20-24H2,1-6H3,(H,51,61)(H,52,62)(H,53,59)(H,54,60). The highest BCUT2D eigenvalue weighted by molar-refractivity contribution is 6.00. The number of esters is 2. The predicted octanol–water partition coefficient (Wildman–Crippen LogP) is 3.11. The van der Waals surface area contributed by atoms with Crippen molar-refractivity contribution in [2.45, 2.75) is 83.7 Å². The number of hydrogen-bond donors (Lipinski definition) is 4. The second kappa shape index (κ2) is 22.5. The van der Waals surface area contributed by atoms with Crippen LogP contribution in [0.3, 0.4) is 0 Å². The third kappa shape index (κ3) is 12.5. The minimum absolute atomic E-state index is 0.0395. The monoisotopic (exact) mass is 914 g/mol. The zero-order chi connectivity index (χ0) is 48.2. The quantitative estimate of drug-likeness (QED) is 0.0996. The first kappa shape index (κ1) is 49.7. The number of rotatable bonds is 19. The normalized spacial score (nSPS) is 15.1. The summed E-state index contributed by atoms with van der Waals surface area (Å²) in [5, 5.41) is 11.1. The number of ether oxygens (including phenoxy) is 3. The number of hydrogen-bond acceptors (Lipinski definition) is 12. The summed E-state index contributed by atoms with van der Waals surface area (Å²) >= 11 is 0. The van der Waals surface area contributed by atoms with Crippen LogP contribution in [0.2, 0.25) is 0 Å². The van der Waals surface area contributed by atoms with Gasteiger partial charge in [-0.25, -0.2) is 13.8 Å². The van der Waals surface area contributed by atoms with Gasteiger partial charge in [0, 0.05) is 18.4 Å². The third-order valence-electron chi connectivity index (χ3n) is 10.9. The molecule has 17 nitrogen and oxygen atoms in total. The molecule has 5 amide bonds. The molecule has 5 unspecified atom stereocenters. The second-order valence-electron chi connectivity index (χ2n) is 16.3. The molecule has 4 aromatic rings. The Labute approximate surface area is 379 Å². The highest BCUT2D eigenvalue weighted by Crippen LogP contribution is 2.26. The van der Waals surface area contributed by atoms with E-state index >= 15 is 0 Å². The van der Waals surface area contributed by atoms with Gasteiger partial charge in [-0.2, -0.15) is 0 Å². The van der Waals surface area contributed by atoms with Gasteiger partial charge in [0.05, 0.1) is 32.6 Å². The van der Waals surface area contributed by atoms with E-state index in [1.807, 2.05) is 12.1 Å². The van der Waals surface area contributed by atoms with E-state index in [0.29, 0.717) is 16.6 Å². The van der Waals surface area contributed by atoms with Gasteiger partial charge in [-0.1, -0.05) is 82.3 Å². The molecule has 0 fully saturated rings. The summed E-state index contributed by atoms with van der Waals surface area (Å²) in [6.45, 7) is 5.49. The molecule has 19 heteroatoms. The minimum atomic E-state index is -1.62. The van der Waals surface area contributed by atoms with E-state index < -0.39 is 126 Å². The fourth-order valence-corrected chi connectivity index (χ4v) is 7.23. The number of benzene rings is 3. The molecule has 5 rings (SSSR count). The molecular formula is C47H52F2N6O11. The van der Waals surface area contributed by atoms with Gasteiger partial charge in [-0.3, -0.25) is 38.4 Å². The topological polar surface area (TPSA) is 228 Å². The van der Waals surface area contributed by atoms with Gasteiger partial charge in [0.15, 0.2) is 23.2 Å². The van der Waals surface area contributed by atoms with Crippen molar-refractivity contribution in [3.05, 3.63) is 107 Å². The van der Waals surface area contributed by atoms with E-state index in [1.165, 1.54) is 11.0 Å². The van der Waals surface area contributed by atoms with Crippen LogP contribution in [0.5, 0.6) is 5.75 Å². The van der Waals surface area contributed by atoms with Crippen LogP contribution in [0.25, 0.3) is 10.9 Å². The summed E-state index contributed by atoms with van der Waals surface area (Å²) in [6, 6.07) is 13.1. The Morgan fingerprint density at radius 3 is 1.92 bits per heavy atom. The molecule has 4 N–H and O–H groups in total. The molecule has 0 spiro atoms. The molecule has 1 aromatic heterocycles. The van der Waals surface area contributed by atoms with Crippen LogP contribution in [0.4, 0.5) is 8.78 Å². The molecule has 5 atom stereocenters. The fourth-order valence-electron chi connectivity index (χ4n) is 7.23. The molecule has 0 bridgehead atoms. The predicted molar refractivity (Wildman–Crippen MR) is 233 cm³/mol. The van der Waals surface area contributed by atoms with E-state index in [-0.39, 0.29) is 18.7 Å². The van der Waals surface area contributed by atoms with Crippen LogP contribution in [-0.2, 0) is 56.0 Å². The number of Topliss-reactive ketones (excluding diaryl/α,β-unsaturated/α-hetero) is 1. The summed E-state index contributed by atoms with van der Waals surface area (Å²) in [7, 11) is 2.15. The van der Waals surface area contributed by atoms with Gasteiger partial charge in [-0.15, -0.1) is 0 Å². The number of para-hydroxylation sites is 2. The Balaban J connectivity index is 1.37. The van der Waals surface area contributed by atoms with Crippen LogP contribution in [0.15, 0.2) is 78.9 Å². The number of nitrogens with zero attached hydrogens (tertiary/aromatic N) is 2. The summed E-state index contributed by atoms with van der Waals surface area (Å²) < 4.78 is 43.2. The number of carbonyl (C=O) groups is 8. The maximum Gasteiger partial charge on any atom is 0.308 e. The minimum Gasteiger partial charge on any atom is -0.480 e. The van der Waals surface area contributed by atoms with Crippen LogP contribution < -0.4 is 26.0 Å². The Bertz CT molecular complexity index is 2460. The van der Waals surface area contributed by atoms with E-state index in [9.17, 15) is 47.1 Å². The first-order chi connectivity index (χ1) is 31.4. The Kier molecular flexibility index (Phi) is 17.0. The number of fused-ring (bicyclic) bond motifs is 2. The molecule has 3 aromatic carbocycles. The largest absolute Gasteiger partial charge is 0.480 e. The smallest absolute Gasteiger partial charge is 0.308 e. The van der Waals surface area contributed by atoms with E-state index in [0.717, 1.165) is 37.8 Å². The summed E-state index contributed by atoms with van der Waals surface area (Å²) in [4.78, 5) is 114. The first-order valence-corrected chi connectivity index (χ1v) is 21.1. The number of aromatic nitrogens is 1. The van der Waals surface area contributed by atoms with Crippen molar-refractivity contribution >= 4 is 58.2 Å². The zero-order valence-electron chi connectivity index (χ0n) is 37.2. The van der Waals surface area contributed by atoms with E-state index in [1.54, 1.807) is 70.2 Å². The number of methoxy groups -OCH3 is 2. The molecule has 1 aliphatic rings. The molecule has 0 aliphatic carbocycles. The van der Waals surface area contributed by atoms with Crippen molar-refractivity contribution in [1.29, 1.82) is 0 Å². The molecule has 0 saturated carbocycles. The Hall–Kier alpha value is -7.31. The van der Waals surface area contributed by atoms with E-state index in [2.05, 4.69) is 26.3 Å². The highest BCUT2D eigenvalue weighted by atomic mass is 19.1. The number of ketones is 1. The Morgan fingerprint density at radius 1 is 0.682 bits per heavy atom. The van der Waals surface area contributed by atoms with Crippen LogP contribution in [0, 0.1) is 23.5 Å². The van der Waals surface area contributed by atoms with Gasteiger partial charge < -0.3 is 40.4 Å². The molecule has 2 heterocycles. The number of halogens is 2. The second-order valence-corrected chi connectivity index (χ2v) is 16.3. The average Bonchev–Trinajstić information content (AvgIpc) is 3.30. The van der Waals surface area contributed by atoms with E-state index in [4.69, 9.17) is 14.2 Å². The number of carbonyl (C=O) groups excluding carboxylic acids is 8. The van der Waals surface area contributed by atoms with Crippen molar-refractivity contribution in [2.75, 3.05) is 20.8 Å². The van der Waals surface area contributed by atoms with Gasteiger partial charge in [0.2, 0.25) is 23.6 Å². The number of amides is 5. The van der Waals surface area contributed by atoms with Crippen molar-refractivity contribution in [2.24, 2.45) is 11.8 Å². The lowest BCUT2D eigenvalue weighted by atomic mass is 9.91. The number of pyridine rings is 1. The lowest BCUT2D eigenvalue weighted by molar-refractivity contribution is -0.148. The van der Waals surface area contributed by atoms with Gasteiger partial charge in [0.25, 0.3) is 5.91 Å². The highest BCUT2D eigenvalue weighted by Gasteiger charge is 2.41. The van der Waals surface area contributed by atoms with Crippen LogP contribution >= 0.6 is 0 Å². The van der Waals surface area contributed by atoms with Crippen LogP contribution in [0.1, 0.15) is 62.2 Å². The van der Waals surface area contributed by atoms with Gasteiger partial charge >= 0.3 is 11.9 Å². The van der Waals surface area contributed by atoms with Crippen molar-refractivity contribution < 1.29 is 61.3 Å². The molecular weight excluding hydrogens is 863 g/mol. The average molecular weight is 915 g/mol. The fraction of sp³-hybridized carbons (Fsp3) is 0.383. The first-order valence-electron chi connectivity index (χ1n) is 21.1. The van der Waals surface area contributed by atoms with Crippen LogP contribution in [-0.4, -0.2) is 108 Å². The molecule has 0 saturated heterocycles. The number of nitrogens with one attached hydrogen (secondary N) is 4. The maximum absolute atomic E-state index is 14.7. The zero-order valence-corrected chi connectivity index (χ0v) is 37.2. The van der Waals surface area contributed by atoms with Gasteiger partial charge in [0.1, 0.15) is 42.5 Å². The molecule has 1 aliphatic heterocycles. The van der Waals surface area contributed by atoms with Gasteiger partial charge in [-0.05, 0) is 47.2 Å². The van der Waals surface area contributed by atoms with Crippen molar-refractivity contribution in [3.63, 3.8) is 0 Å². The summed E-state index contributed by atoms with van der Waals surface area (Å²) in [5.41, 5.74) is 1.95. The molecule has 66 heavy (non-hydrogen) atoms.